The van der Waals surface area contributed by atoms with Gasteiger partial charge in [-0.2, -0.15) is 12.8 Å². The highest BCUT2D eigenvalue weighted by Crippen LogP contribution is 2.41. The summed E-state index contributed by atoms with van der Waals surface area (Å²) in [6, 6.07) is 8.27. The molecule has 1 saturated heterocycles. The molecule has 1 aromatic rings. The molecule has 0 aromatic heterocycles. The zero-order valence-electron chi connectivity index (χ0n) is 14.8. The molecule has 1 aliphatic carbocycles. The van der Waals surface area contributed by atoms with Crippen LogP contribution in [-0.4, -0.2) is 66.0 Å². The van der Waals surface area contributed by atoms with Gasteiger partial charge in [-0.25, -0.2) is 0 Å². The number of likely N-dealkylation sites (N-methyl/N-ethyl adjacent to an activating group) is 1. The van der Waals surface area contributed by atoms with Crippen LogP contribution in [0.15, 0.2) is 64.3 Å². The van der Waals surface area contributed by atoms with Gasteiger partial charge < -0.3 is 9.80 Å². The van der Waals surface area contributed by atoms with Crippen molar-refractivity contribution in [2.75, 3.05) is 33.2 Å². The molecule has 2 heterocycles. The molecule has 4 rings (SSSR count). The third-order valence-corrected chi connectivity index (χ3v) is 7.04. The third kappa shape index (κ3) is 3.49. The second-order valence-electron chi connectivity index (χ2n) is 6.89. The molecule has 0 amide bonds. The quantitative estimate of drug-likeness (QED) is 0.538. The minimum absolute atomic E-state index is 0.178. The van der Waals surface area contributed by atoms with Crippen LogP contribution in [0.4, 0.5) is 0 Å². The Kier molecular flexibility index (Phi) is 4.74. The Hall–Kier alpha value is -1.54. The zero-order valence-corrected chi connectivity index (χ0v) is 17.1. The number of hydrogen-bond donors (Lipinski definition) is 0. The minimum Gasteiger partial charge on any atom is -0.355 e. The Balaban J connectivity index is 1.76. The molecule has 2 aliphatic heterocycles. The number of rotatable bonds is 2. The van der Waals surface area contributed by atoms with Crippen LogP contribution in [0.1, 0.15) is 0 Å². The molecule has 6 nitrogen and oxygen atoms in total. The maximum absolute atomic E-state index is 13.2. The Morgan fingerprint density at radius 2 is 1.78 bits per heavy atom. The van der Waals surface area contributed by atoms with Crippen molar-refractivity contribution in [2.24, 2.45) is 11.0 Å². The fourth-order valence-corrected chi connectivity index (χ4v) is 5.15. The van der Waals surface area contributed by atoms with E-state index in [1.54, 1.807) is 42.5 Å². The maximum atomic E-state index is 13.2. The van der Waals surface area contributed by atoms with Gasteiger partial charge in [0.05, 0.1) is 16.5 Å². The van der Waals surface area contributed by atoms with Gasteiger partial charge in [0.2, 0.25) is 0 Å². The van der Waals surface area contributed by atoms with Gasteiger partial charge in [0.1, 0.15) is 5.84 Å². The minimum atomic E-state index is -3.85. The highest BCUT2D eigenvalue weighted by atomic mass is 35.5. The van der Waals surface area contributed by atoms with E-state index >= 15 is 0 Å². The van der Waals surface area contributed by atoms with E-state index in [0.717, 1.165) is 30.6 Å². The fourth-order valence-electron chi connectivity index (χ4n) is 3.44. The molecule has 144 valence electrons. The number of fused-ring (bicyclic) bond motifs is 1. The lowest BCUT2D eigenvalue weighted by molar-refractivity contribution is 0.212. The molecule has 27 heavy (non-hydrogen) atoms. The molecular formula is C18H20Cl2N4O2S. The van der Waals surface area contributed by atoms with Crippen molar-refractivity contribution in [3.63, 3.8) is 0 Å². The summed E-state index contributed by atoms with van der Waals surface area (Å²) in [4.78, 5) is 4.55. The van der Waals surface area contributed by atoms with Crippen LogP contribution in [0, 0.1) is 5.92 Å². The highest BCUT2D eigenvalue weighted by Gasteiger charge is 2.44. The summed E-state index contributed by atoms with van der Waals surface area (Å²) < 4.78 is 26.3. The molecule has 9 heteroatoms. The molecule has 3 aliphatic rings. The second kappa shape index (κ2) is 6.81. The average Bonchev–Trinajstić information content (AvgIpc) is 3.01. The van der Waals surface area contributed by atoms with Crippen LogP contribution in [-0.2, 0) is 10.0 Å². The van der Waals surface area contributed by atoms with Crippen LogP contribution >= 0.6 is 23.2 Å². The summed E-state index contributed by atoms with van der Waals surface area (Å²) in [5.74, 6) is 0.437. The second-order valence-corrected chi connectivity index (χ2v) is 10.1. The van der Waals surface area contributed by atoms with Crippen molar-refractivity contribution >= 4 is 39.1 Å². The van der Waals surface area contributed by atoms with Crippen molar-refractivity contribution in [1.82, 2.24) is 14.2 Å². The van der Waals surface area contributed by atoms with E-state index in [2.05, 4.69) is 21.9 Å². The molecule has 1 fully saturated rings. The number of halogens is 2. The van der Waals surface area contributed by atoms with Crippen molar-refractivity contribution in [3.05, 3.63) is 54.3 Å². The summed E-state index contributed by atoms with van der Waals surface area (Å²) in [5, 5.41) is 4.53. The number of alkyl halides is 2. The zero-order chi connectivity index (χ0) is 19.2. The molecule has 0 bridgehead atoms. The monoisotopic (exact) mass is 426 g/mol. The third-order valence-electron chi connectivity index (χ3n) is 4.96. The van der Waals surface area contributed by atoms with E-state index in [-0.39, 0.29) is 10.8 Å². The summed E-state index contributed by atoms with van der Waals surface area (Å²) in [7, 11) is -1.78. The molecule has 0 saturated carbocycles. The number of benzene rings is 1. The van der Waals surface area contributed by atoms with Gasteiger partial charge in [-0.05, 0) is 31.3 Å². The van der Waals surface area contributed by atoms with E-state index in [0.29, 0.717) is 11.5 Å². The standard InChI is InChI=1S/C18H20Cl2N4O2S/c1-22-9-11-23(12-10-22)17-15-7-8-18(19,20)13-16(15)24(21-17)27(25,26)14-5-3-2-4-6-14/h2-8,13,15H,9-12H2,1H3. The molecule has 0 radical (unpaired) electrons. The van der Waals surface area contributed by atoms with E-state index in [1.165, 1.54) is 0 Å². The number of piperazine rings is 1. The van der Waals surface area contributed by atoms with Crippen LogP contribution in [0.2, 0.25) is 0 Å². The van der Waals surface area contributed by atoms with Crippen LogP contribution < -0.4 is 0 Å². The molecule has 0 N–H and O–H groups in total. The van der Waals surface area contributed by atoms with E-state index < -0.39 is 14.4 Å². The predicted molar refractivity (Wildman–Crippen MR) is 107 cm³/mol. The molecule has 1 atom stereocenters. The van der Waals surface area contributed by atoms with Crippen LogP contribution in [0.5, 0.6) is 0 Å². The van der Waals surface area contributed by atoms with Gasteiger partial charge in [-0.1, -0.05) is 47.5 Å². The number of hydrazone groups is 1. The van der Waals surface area contributed by atoms with Crippen molar-refractivity contribution in [3.8, 4) is 0 Å². The number of nitrogens with zero attached hydrogens (tertiary/aromatic N) is 4. The van der Waals surface area contributed by atoms with Crippen LogP contribution in [0.25, 0.3) is 0 Å². The Morgan fingerprint density at radius 3 is 2.44 bits per heavy atom. The van der Waals surface area contributed by atoms with Gasteiger partial charge in [-0.15, -0.1) is 5.10 Å². The lowest BCUT2D eigenvalue weighted by Gasteiger charge is -2.35. The summed E-state index contributed by atoms with van der Waals surface area (Å²) in [5.41, 5.74) is 0.472. The first kappa shape index (κ1) is 18.8. The smallest absolute Gasteiger partial charge is 0.283 e. The largest absolute Gasteiger partial charge is 0.355 e. The Bertz CT molecular complexity index is 920. The first-order valence-electron chi connectivity index (χ1n) is 8.70. The SMILES string of the molecule is CN1CCN(C2=NN(S(=O)(=O)c3ccccc3)C3=CC(Cl)(Cl)C=CC32)CC1. The van der Waals surface area contributed by atoms with Gasteiger partial charge in [0, 0.05) is 26.2 Å². The number of allylic oxidation sites excluding steroid dienone is 2. The molecule has 1 aromatic carbocycles. The number of hydrogen-bond acceptors (Lipinski definition) is 5. The van der Waals surface area contributed by atoms with Gasteiger partial charge in [0.15, 0.2) is 4.33 Å². The highest BCUT2D eigenvalue weighted by molar-refractivity contribution is 7.89. The van der Waals surface area contributed by atoms with Gasteiger partial charge in [0.25, 0.3) is 10.0 Å². The van der Waals surface area contributed by atoms with Crippen LogP contribution in [0.3, 0.4) is 0 Å². The Morgan fingerprint density at radius 1 is 1.11 bits per heavy atom. The van der Waals surface area contributed by atoms with Crippen molar-refractivity contribution in [2.45, 2.75) is 9.23 Å². The molecule has 1 unspecified atom stereocenters. The van der Waals surface area contributed by atoms with E-state index in [9.17, 15) is 8.42 Å². The first-order chi connectivity index (χ1) is 12.8. The summed E-state index contributed by atoms with van der Waals surface area (Å²) in [6.07, 6.45) is 5.08. The predicted octanol–water partition coefficient (Wildman–Crippen LogP) is 2.50. The van der Waals surface area contributed by atoms with Crippen molar-refractivity contribution in [1.29, 1.82) is 0 Å². The number of amidine groups is 1. The van der Waals surface area contributed by atoms with Gasteiger partial charge >= 0.3 is 0 Å². The van der Waals surface area contributed by atoms with E-state index in [4.69, 9.17) is 23.2 Å². The first-order valence-corrected chi connectivity index (χ1v) is 10.9. The summed E-state index contributed by atoms with van der Waals surface area (Å²) in [6.45, 7) is 3.38. The van der Waals surface area contributed by atoms with Gasteiger partial charge in [-0.3, -0.25) is 0 Å². The van der Waals surface area contributed by atoms with Crippen molar-refractivity contribution < 1.29 is 8.42 Å². The molecule has 0 spiro atoms. The maximum Gasteiger partial charge on any atom is 0.283 e. The fraction of sp³-hybridized carbons (Fsp3) is 0.389. The normalized spacial score (nSPS) is 25.2. The molecular weight excluding hydrogens is 407 g/mol. The lowest BCUT2D eigenvalue weighted by Crippen LogP contribution is -2.48. The lowest BCUT2D eigenvalue weighted by atomic mass is 9.97. The number of sulfonamides is 1. The topological polar surface area (TPSA) is 56.2 Å². The van der Waals surface area contributed by atoms with E-state index in [1.807, 2.05) is 6.08 Å². The Labute approximate surface area is 169 Å². The summed E-state index contributed by atoms with van der Waals surface area (Å²) >= 11 is 12.5. The average molecular weight is 427 g/mol.